The van der Waals surface area contributed by atoms with Gasteiger partial charge in [-0.25, -0.2) is 0 Å². The van der Waals surface area contributed by atoms with Crippen LogP contribution >= 0.6 is 0 Å². The highest BCUT2D eigenvalue weighted by Crippen LogP contribution is 2.36. The maximum atomic E-state index is 12.9. The molecule has 0 aromatic heterocycles. The van der Waals surface area contributed by atoms with Gasteiger partial charge in [0, 0.05) is 18.3 Å². The van der Waals surface area contributed by atoms with Gasteiger partial charge >= 0.3 is 0 Å². The molecule has 0 aliphatic carbocycles. The van der Waals surface area contributed by atoms with E-state index in [2.05, 4.69) is 5.32 Å². The number of fused-ring (bicyclic) bond motifs is 1. The van der Waals surface area contributed by atoms with Crippen LogP contribution in [0.25, 0.3) is 5.57 Å². The molecule has 0 atom stereocenters. The number of ether oxygens (including phenoxy) is 3. The number of likely N-dealkylation sites (N-methyl/N-ethyl adjacent to an activating group) is 1. The number of nitrogens with zero attached hydrogens (tertiary/aromatic N) is 1. The first-order valence-electron chi connectivity index (χ1n) is 9.12. The molecule has 0 saturated heterocycles. The number of carbonyl (C=O) groups excluding carboxylic acids is 2. The minimum atomic E-state index is -0.353. The van der Waals surface area contributed by atoms with Crippen LogP contribution in [0.3, 0.4) is 0 Å². The molecule has 2 heterocycles. The average Bonchev–Trinajstić information content (AvgIpc) is 3.25. The Labute approximate surface area is 162 Å². The van der Waals surface area contributed by atoms with E-state index in [9.17, 15) is 9.59 Å². The Morgan fingerprint density at radius 3 is 2.46 bits per heavy atom. The van der Waals surface area contributed by atoms with Crippen molar-refractivity contribution in [3.63, 3.8) is 0 Å². The molecule has 2 aromatic rings. The Morgan fingerprint density at radius 1 is 1.00 bits per heavy atom. The van der Waals surface area contributed by atoms with E-state index in [1.165, 1.54) is 4.90 Å². The zero-order chi connectivity index (χ0) is 19.7. The number of nitrogens with one attached hydrogen (secondary N) is 1. The monoisotopic (exact) mass is 380 g/mol. The number of imide groups is 1. The molecule has 7 nitrogen and oxygen atoms in total. The summed E-state index contributed by atoms with van der Waals surface area (Å²) in [6.45, 7) is 4.70. The van der Waals surface area contributed by atoms with Gasteiger partial charge in [0.1, 0.15) is 11.4 Å². The van der Waals surface area contributed by atoms with Gasteiger partial charge in [0.2, 0.25) is 6.79 Å². The Balaban J connectivity index is 1.72. The molecule has 2 aromatic carbocycles. The van der Waals surface area contributed by atoms with Crippen LogP contribution in [0.4, 0.5) is 5.69 Å². The minimum absolute atomic E-state index is 0.167. The molecule has 7 heteroatoms. The zero-order valence-corrected chi connectivity index (χ0v) is 15.7. The largest absolute Gasteiger partial charge is 0.494 e. The highest BCUT2D eigenvalue weighted by molar-refractivity contribution is 6.36. The van der Waals surface area contributed by atoms with E-state index >= 15 is 0 Å². The van der Waals surface area contributed by atoms with E-state index in [-0.39, 0.29) is 24.3 Å². The first-order chi connectivity index (χ1) is 13.6. The zero-order valence-electron chi connectivity index (χ0n) is 15.7. The van der Waals surface area contributed by atoms with Crippen LogP contribution in [0.5, 0.6) is 17.2 Å². The van der Waals surface area contributed by atoms with Gasteiger partial charge in [0.25, 0.3) is 11.8 Å². The van der Waals surface area contributed by atoms with Crippen LogP contribution < -0.4 is 19.5 Å². The van der Waals surface area contributed by atoms with Crippen LogP contribution in [-0.4, -0.2) is 36.7 Å². The van der Waals surface area contributed by atoms with Crippen molar-refractivity contribution in [3.8, 4) is 17.2 Å². The summed E-state index contributed by atoms with van der Waals surface area (Å²) in [5.74, 6) is 1.28. The smallest absolute Gasteiger partial charge is 0.278 e. The summed E-state index contributed by atoms with van der Waals surface area (Å²) in [5, 5.41) is 3.10. The van der Waals surface area contributed by atoms with E-state index in [4.69, 9.17) is 14.2 Å². The fourth-order valence-electron chi connectivity index (χ4n) is 3.25. The predicted molar refractivity (Wildman–Crippen MR) is 103 cm³/mol. The number of hydrogen-bond acceptors (Lipinski definition) is 6. The number of carbonyl (C=O) groups is 2. The number of rotatable bonds is 6. The second-order valence-corrected chi connectivity index (χ2v) is 6.25. The molecule has 0 saturated carbocycles. The molecule has 28 heavy (non-hydrogen) atoms. The summed E-state index contributed by atoms with van der Waals surface area (Å²) in [7, 11) is 0. The van der Waals surface area contributed by atoms with Gasteiger partial charge in [0.05, 0.1) is 12.2 Å². The number of benzene rings is 2. The summed E-state index contributed by atoms with van der Waals surface area (Å²) in [4.78, 5) is 26.9. The van der Waals surface area contributed by atoms with Crippen LogP contribution in [0, 0.1) is 0 Å². The molecule has 4 rings (SSSR count). The highest BCUT2D eigenvalue weighted by atomic mass is 16.7. The summed E-state index contributed by atoms with van der Waals surface area (Å²) in [5.41, 5.74) is 1.88. The summed E-state index contributed by atoms with van der Waals surface area (Å²) >= 11 is 0. The Hall–Kier alpha value is -3.48. The molecule has 144 valence electrons. The third kappa shape index (κ3) is 3.05. The van der Waals surface area contributed by atoms with Crippen molar-refractivity contribution in [3.05, 3.63) is 53.7 Å². The minimum Gasteiger partial charge on any atom is -0.494 e. The van der Waals surface area contributed by atoms with Gasteiger partial charge in [-0.15, -0.1) is 0 Å². The topological polar surface area (TPSA) is 77.1 Å². The van der Waals surface area contributed by atoms with Crippen molar-refractivity contribution < 1.29 is 23.8 Å². The van der Waals surface area contributed by atoms with Gasteiger partial charge in [-0.3, -0.25) is 14.5 Å². The lowest BCUT2D eigenvalue weighted by Gasteiger charge is -2.12. The van der Waals surface area contributed by atoms with Crippen molar-refractivity contribution in [2.45, 2.75) is 13.8 Å². The van der Waals surface area contributed by atoms with E-state index < -0.39 is 0 Å². The summed E-state index contributed by atoms with van der Waals surface area (Å²) < 4.78 is 16.2. The van der Waals surface area contributed by atoms with E-state index in [1.54, 1.807) is 49.4 Å². The highest BCUT2D eigenvalue weighted by Gasteiger charge is 2.38. The summed E-state index contributed by atoms with van der Waals surface area (Å²) in [6, 6.07) is 12.4. The molecule has 0 fully saturated rings. The SMILES string of the molecule is CCOc1ccc(C2=C(Nc3ccc4c(c3)OCO4)C(=O)N(CC)C2=O)cc1. The molecule has 0 spiro atoms. The van der Waals surface area contributed by atoms with Gasteiger partial charge in [-0.1, -0.05) is 12.1 Å². The van der Waals surface area contributed by atoms with Crippen LogP contribution in [0.2, 0.25) is 0 Å². The van der Waals surface area contributed by atoms with Gasteiger partial charge < -0.3 is 19.5 Å². The number of amides is 2. The predicted octanol–water partition coefficient (Wildman–Crippen LogP) is 3.03. The van der Waals surface area contributed by atoms with Crippen molar-refractivity contribution in [1.29, 1.82) is 0 Å². The molecule has 0 unspecified atom stereocenters. The van der Waals surface area contributed by atoms with Crippen molar-refractivity contribution in [2.75, 3.05) is 25.3 Å². The third-order valence-corrected chi connectivity index (χ3v) is 4.58. The van der Waals surface area contributed by atoms with Crippen molar-refractivity contribution in [2.24, 2.45) is 0 Å². The number of anilines is 1. The lowest BCUT2D eigenvalue weighted by Crippen LogP contribution is -2.32. The molecular weight excluding hydrogens is 360 g/mol. The molecule has 0 radical (unpaired) electrons. The van der Waals surface area contributed by atoms with Gasteiger partial charge in [0.15, 0.2) is 11.5 Å². The fourth-order valence-corrected chi connectivity index (χ4v) is 3.25. The maximum absolute atomic E-state index is 12.9. The molecular formula is C21H20N2O5. The van der Waals surface area contributed by atoms with Gasteiger partial charge in [-0.2, -0.15) is 0 Å². The standard InChI is InChI=1S/C21H20N2O5/c1-3-23-20(24)18(13-5-8-15(9-6-13)26-4-2)19(21(23)25)22-14-7-10-16-17(11-14)28-12-27-16/h5-11,22H,3-4,12H2,1-2H3. The van der Waals surface area contributed by atoms with Crippen molar-refractivity contribution in [1.82, 2.24) is 4.90 Å². The summed E-state index contributed by atoms with van der Waals surface area (Å²) in [6.07, 6.45) is 0. The van der Waals surface area contributed by atoms with Crippen molar-refractivity contribution >= 4 is 23.1 Å². The molecule has 2 aliphatic heterocycles. The second kappa shape index (κ2) is 7.26. The van der Waals surface area contributed by atoms with E-state index in [0.717, 1.165) is 0 Å². The van der Waals surface area contributed by atoms with Crippen LogP contribution in [-0.2, 0) is 9.59 Å². The molecule has 1 N–H and O–H groups in total. The average molecular weight is 380 g/mol. The quantitative estimate of drug-likeness (QED) is 0.777. The maximum Gasteiger partial charge on any atom is 0.278 e. The lowest BCUT2D eigenvalue weighted by atomic mass is 10.0. The first-order valence-corrected chi connectivity index (χ1v) is 9.12. The second-order valence-electron chi connectivity index (χ2n) is 6.25. The molecule has 2 aliphatic rings. The van der Waals surface area contributed by atoms with E-state index in [1.807, 2.05) is 6.92 Å². The Bertz CT molecular complexity index is 965. The third-order valence-electron chi connectivity index (χ3n) is 4.58. The first kappa shape index (κ1) is 17.9. The van der Waals surface area contributed by atoms with Crippen LogP contribution in [0.1, 0.15) is 19.4 Å². The Kier molecular flexibility index (Phi) is 4.65. The van der Waals surface area contributed by atoms with Gasteiger partial charge in [-0.05, 0) is 43.7 Å². The molecule has 0 bridgehead atoms. The lowest BCUT2D eigenvalue weighted by molar-refractivity contribution is -0.136. The van der Waals surface area contributed by atoms with Crippen LogP contribution in [0.15, 0.2) is 48.2 Å². The number of hydrogen-bond donors (Lipinski definition) is 1. The Morgan fingerprint density at radius 2 is 1.75 bits per heavy atom. The molecule has 2 amide bonds. The fraction of sp³-hybridized carbons (Fsp3) is 0.238. The normalized spacial score (nSPS) is 15.4. The van der Waals surface area contributed by atoms with E-state index in [0.29, 0.717) is 47.2 Å².